The summed E-state index contributed by atoms with van der Waals surface area (Å²) in [6, 6.07) is 60.9. The van der Waals surface area contributed by atoms with Gasteiger partial charge in [-0.3, -0.25) is 0 Å². The summed E-state index contributed by atoms with van der Waals surface area (Å²) >= 11 is 0. The summed E-state index contributed by atoms with van der Waals surface area (Å²) < 4.78 is 0. The summed E-state index contributed by atoms with van der Waals surface area (Å²) in [6.07, 6.45) is 0. The third-order valence-electron chi connectivity index (χ3n) is 14.5. The fourth-order valence-electron chi connectivity index (χ4n) is 10.7. The second kappa shape index (κ2) is 16.0. The van der Waals surface area contributed by atoms with Crippen molar-refractivity contribution < 1.29 is 0 Å². The minimum Gasteiger partial charge on any atom is -0.311 e. The average Bonchev–Trinajstić information content (AvgIpc) is 3.28. The van der Waals surface area contributed by atoms with Gasteiger partial charge in [0.2, 0.25) is 0 Å². The third-order valence-corrected chi connectivity index (χ3v) is 14.5. The lowest BCUT2D eigenvalue weighted by atomic mass is 9.33. The summed E-state index contributed by atoms with van der Waals surface area (Å²) in [5, 5.41) is 2.49. The van der Waals surface area contributed by atoms with E-state index < -0.39 is 0 Å². The van der Waals surface area contributed by atoms with E-state index >= 15 is 0 Å². The van der Waals surface area contributed by atoms with Crippen LogP contribution in [0.2, 0.25) is 0 Å². The van der Waals surface area contributed by atoms with Crippen molar-refractivity contribution in [3.05, 3.63) is 191 Å². The lowest BCUT2D eigenvalue weighted by Crippen LogP contribution is -2.61. The minimum absolute atomic E-state index is 0.0118. The fourth-order valence-corrected chi connectivity index (χ4v) is 10.7. The number of benzene rings is 8. The first-order chi connectivity index (χ1) is 32.1. The molecule has 0 amide bonds. The van der Waals surface area contributed by atoms with Gasteiger partial charge >= 0.3 is 0 Å². The monoisotopic (exact) mass is 890 g/mol. The van der Waals surface area contributed by atoms with Crippen LogP contribution in [0, 0.1) is 13.8 Å². The van der Waals surface area contributed by atoms with Crippen LogP contribution in [0.15, 0.2) is 158 Å². The van der Waals surface area contributed by atoms with Gasteiger partial charge in [0.1, 0.15) is 0 Å². The summed E-state index contributed by atoms with van der Waals surface area (Å²) in [4.78, 5) is 7.70. The zero-order chi connectivity index (χ0) is 48.2. The third kappa shape index (κ3) is 7.80. The predicted octanol–water partition coefficient (Wildman–Crippen LogP) is 16.2. The highest BCUT2D eigenvalue weighted by molar-refractivity contribution is 7.00. The molecule has 2 aliphatic heterocycles. The molecule has 0 N–H and O–H groups in total. The number of hydrogen-bond acceptors (Lipinski definition) is 3. The second-order valence-corrected chi connectivity index (χ2v) is 23.8. The smallest absolute Gasteiger partial charge is 0.252 e. The van der Waals surface area contributed by atoms with E-state index in [1.165, 1.54) is 89.0 Å². The van der Waals surface area contributed by atoms with Crippen molar-refractivity contribution in [2.45, 2.75) is 119 Å². The maximum atomic E-state index is 2.57. The van der Waals surface area contributed by atoms with E-state index in [1.54, 1.807) is 0 Å². The molecule has 0 atom stereocenters. The lowest BCUT2D eigenvalue weighted by molar-refractivity contribution is 0.589. The van der Waals surface area contributed by atoms with Crippen LogP contribution in [-0.4, -0.2) is 6.71 Å². The van der Waals surface area contributed by atoms with Crippen molar-refractivity contribution in [2.75, 3.05) is 14.7 Å². The molecular formula is C64H68BN3. The molecule has 68 heavy (non-hydrogen) atoms. The normalized spacial score (nSPS) is 13.6. The number of hydrogen-bond donors (Lipinski definition) is 0. The maximum Gasteiger partial charge on any atom is 0.252 e. The van der Waals surface area contributed by atoms with Gasteiger partial charge in [0.15, 0.2) is 0 Å². The molecule has 0 bridgehead atoms. The van der Waals surface area contributed by atoms with Crippen LogP contribution < -0.4 is 31.1 Å². The highest BCUT2D eigenvalue weighted by Gasteiger charge is 2.44. The van der Waals surface area contributed by atoms with Gasteiger partial charge in [-0.2, -0.15) is 0 Å². The van der Waals surface area contributed by atoms with Crippen LogP contribution in [0.1, 0.15) is 116 Å². The first kappa shape index (κ1) is 45.3. The molecule has 3 nitrogen and oxygen atoms in total. The molecular weight excluding hydrogens is 822 g/mol. The maximum absolute atomic E-state index is 2.57. The highest BCUT2D eigenvalue weighted by atomic mass is 15.2. The van der Waals surface area contributed by atoms with Gasteiger partial charge in [0.05, 0.1) is 11.4 Å². The molecule has 0 radical (unpaired) electrons. The quantitative estimate of drug-likeness (QED) is 0.159. The number of anilines is 9. The molecule has 2 heterocycles. The summed E-state index contributed by atoms with van der Waals surface area (Å²) in [7, 11) is 0. The topological polar surface area (TPSA) is 9.72 Å². The van der Waals surface area contributed by atoms with E-state index in [0.29, 0.717) is 0 Å². The molecule has 0 aliphatic carbocycles. The largest absolute Gasteiger partial charge is 0.311 e. The van der Waals surface area contributed by atoms with Gasteiger partial charge in [-0.05, 0) is 140 Å². The van der Waals surface area contributed by atoms with Crippen molar-refractivity contribution in [2.24, 2.45) is 0 Å². The predicted molar refractivity (Wildman–Crippen MR) is 297 cm³/mol. The van der Waals surface area contributed by atoms with Crippen LogP contribution in [0.3, 0.4) is 0 Å². The molecule has 342 valence electrons. The van der Waals surface area contributed by atoms with E-state index in [2.05, 4.69) is 269 Å². The molecule has 0 saturated heterocycles. The number of fused-ring (bicyclic) bond motifs is 5. The van der Waals surface area contributed by atoms with Crippen LogP contribution in [0.5, 0.6) is 0 Å². The second-order valence-electron chi connectivity index (χ2n) is 23.8. The Labute approximate surface area is 407 Å². The molecule has 4 heteroatoms. The zero-order valence-electron chi connectivity index (χ0n) is 42.9. The van der Waals surface area contributed by atoms with Crippen molar-refractivity contribution >= 4 is 85.1 Å². The van der Waals surface area contributed by atoms with Crippen LogP contribution in [0.4, 0.5) is 51.2 Å². The molecule has 0 saturated carbocycles. The van der Waals surface area contributed by atoms with Crippen LogP contribution in [0.25, 0.3) is 10.8 Å². The summed E-state index contributed by atoms with van der Waals surface area (Å²) in [5.74, 6) is 0. The van der Waals surface area contributed by atoms with Gasteiger partial charge in [-0.1, -0.05) is 191 Å². The number of nitrogens with zero attached hydrogens (tertiary/aromatic N) is 3. The number of aryl methyl sites for hydroxylation is 2. The van der Waals surface area contributed by atoms with E-state index in [9.17, 15) is 0 Å². The Morgan fingerprint density at radius 2 is 0.868 bits per heavy atom. The molecule has 8 aromatic carbocycles. The van der Waals surface area contributed by atoms with Crippen LogP contribution in [-0.2, 0) is 21.7 Å². The van der Waals surface area contributed by atoms with Crippen molar-refractivity contribution in [3.63, 3.8) is 0 Å². The van der Waals surface area contributed by atoms with E-state index in [4.69, 9.17) is 0 Å². The number of para-hydroxylation sites is 1. The van der Waals surface area contributed by atoms with Crippen molar-refractivity contribution in [1.29, 1.82) is 0 Å². The van der Waals surface area contributed by atoms with Gasteiger partial charge in [-0.15, -0.1) is 0 Å². The van der Waals surface area contributed by atoms with Crippen LogP contribution >= 0.6 is 0 Å². The Morgan fingerprint density at radius 3 is 1.32 bits per heavy atom. The molecule has 10 rings (SSSR count). The molecule has 0 fully saturated rings. The average molecular weight is 890 g/mol. The van der Waals surface area contributed by atoms with E-state index in [0.717, 1.165) is 22.7 Å². The Bertz CT molecular complexity index is 3090. The molecule has 0 unspecified atom stereocenters. The molecule has 0 aromatic heterocycles. The minimum atomic E-state index is -0.165. The fraction of sp³-hybridized carbons (Fsp3) is 0.281. The first-order valence-corrected chi connectivity index (χ1v) is 24.7. The molecule has 2 aliphatic rings. The molecule has 0 spiro atoms. The van der Waals surface area contributed by atoms with Crippen molar-refractivity contribution in [1.82, 2.24) is 0 Å². The Morgan fingerprint density at radius 1 is 0.397 bits per heavy atom. The summed E-state index contributed by atoms with van der Waals surface area (Å²) in [5.41, 5.74) is 22.3. The van der Waals surface area contributed by atoms with Gasteiger partial charge < -0.3 is 14.7 Å². The number of rotatable bonds is 5. The SMILES string of the molecule is Cc1ccc2c(c1)B1c3cc(C)ccc3N(c3ccc(C(C)(C)C)cc3)c3cc(N(c4ccccc4)c4c(C(C)(C)C)ccc5cc(C(C)(C)C)ccc45)cc(c31)N2c1ccc(C(C)(C)C)cc1. The van der Waals surface area contributed by atoms with Gasteiger partial charge in [-0.25, -0.2) is 0 Å². The lowest BCUT2D eigenvalue weighted by Gasteiger charge is -2.45. The van der Waals surface area contributed by atoms with E-state index in [1.807, 2.05) is 0 Å². The van der Waals surface area contributed by atoms with E-state index in [-0.39, 0.29) is 28.4 Å². The zero-order valence-corrected chi connectivity index (χ0v) is 42.9. The van der Waals surface area contributed by atoms with Crippen molar-refractivity contribution in [3.8, 4) is 0 Å². The standard InChI is InChI=1S/C64H68BN3/c1-41-20-34-55-53(36-41)65-54-37-42(2)21-35-56(54)68(49-30-25-45(26-31-49)62(6,7)8)58-40-50(39-57(59(58)65)67(55)48-28-23-44(24-29-48)61(3,4)5)66(47-18-16-15-17-19-47)60-51-32-27-46(63(9,10)11)38-43(51)22-33-52(60)64(12,13)14/h15-40H,1-14H3. The van der Waals surface area contributed by atoms with Gasteiger partial charge in [0, 0.05) is 45.2 Å². The highest BCUT2D eigenvalue weighted by Crippen LogP contribution is 2.51. The Balaban J connectivity index is 1.36. The Hall–Kier alpha value is -6.52. The summed E-state index contributed by atoms with van der Waals surface area (Å²) in [6.45, 7) is 32.3. The Kier molecular flexibility index (Phi) is 10.7. The first-order valence-electron chi connectivity index (χ1n) is 24.7. The van der Waals surface area contributed by atoms with Gasteiger partial charge in [0.25, 0.3) is 6.71 Å². The molecule has 8 aromatic rings.